The number of anilines is 1. The Bertz CT molecular complexity index is 1020. The SMILES string of the molecule is CCCCN1C(=O)C(=C/C=C/C=C2\Oc3ccccc3N2CCCSOOO)C(=O)N(CCCC)C1=O. The molecule has 200 valence electrons. The number of para-hydroxylation sites is 2. The first-order chi connectivity index (χ1) is 18.0. The summed E-state index contributed by atoms with van der Waals surface area (Å²) >= 11 is 0.990. The lowest BCUT2D eigenvalue weighted by atomic mass is 10.1. The van der Waals surface area contributed by atoms with Crippen LogP contribution in [0.5, 0.6) is 5.75 Å². The number of urea groups is 1. The van der Waals surface area contributed by atoms with Crippen molar-refractivity contribution in [2.75, 3.05) is 30.3 Å². The molecule has 37 heavy (non-hydrogen) atoms. The third-order valence-electron chi connectivity index (χ3n) is 5.82. The summed E-state index contributed by atoms with van der Waals surface area (Å²) in [6, 6.07) is 7.10. The highest BCUT2D eigenvalue weighted by Crippen LogP contribution is 2.38. The molecule has 0 atom stereocenters. The predicted octanol–water partition coefficient (Wildman–Crippen LogP) is 5.06. The molecule has 2 aliphatic heterocycles. The maximum Gasteiger partial charge on any atom is 0.333 e. The van der Waals surface area contributed by atoms with Crippen LogP contribution in [0.3, 0.4) is 0 Å². The van der Waals surface area contributed by atoms with Crippen LogP contribution >= 0.6 is 12.0 Å². The Kier molecular flexibility index (Phi) is 11.2. The molecular formula is C26H33N3O7S. The van der Waals surface area contributed by atoms with Gasteiger partial charge in [-0.2, -0.15) is 0 Å². The number of carbonyl (C=O) groups excluding carboxylic acids is 3. The number of amides is 4. The van der Waals surface area contributed by atoms with Gasteiger partial charge in [-0.05, 0) is 43.5 Å². The van der Waals surface area contributed by atoms with Gasteiger partial charge in [-0.25, -0.2) is 10.1 Å². The molecule has 0 spiro atoms. The minimum absolute atomic E-state index is 0.0305. The monoisotopic (exact) mass is 531 g/mol. The molecule has 0 radical (unpaired) electrons. The predicted molar refractivity (Wildman–Crippen MR) is 140 cm³/mol. The number of benzene rings is 1. The molecule has 0 bridgehead atoms. The third kappa shape index (κ3) is 7.22. The molecule has 4 amide bonds. The van der Waals surface area contributed by atoms with Gasteiger partial charge in [0.05, 0.1) is 5.69 Å². The van der Waals surface area contributed by atoms with Crippen LogP contribution in [-0.4, -0.2) is 58.3 Å². The maximum atomic E-state index is 13.0. The van der Waals surface area contributed by atoms with Gasteiger partial charge in [0.25, 0.3) is 11.8 Å². The molecule has 0 aliphatic carbocycles. The number of carbonyl (C=O) groups is 3. The Balaban J connectivity index is 1.77. The standard InChI is InChI=1S/C26H33N3O7S/c1-3-5-16-28-24(30)20(25(31)29(26(28)32)17-6-4-2)12-7-10-15-23-27(18-11-19-37-36-35-33)21-13-8-9-14-22(21)34-23/h7-10,12-15,33H,3-6,11,16-19H2,1-2H3/b10-7+,23-15-. The number of allylic oxidation sites excluding steroid dienone is 4. The summed E-state index contributed by atoms with van der Waals surface area (Å²) in [6.45, 7) is 5.15. The zero-order chi connectivity index (χ0) is 26.6. The summed E-state index contributed by atoms with van der Waals surface area (Å²) in [7, 11) is 0. The van der Waals surface area contributed by atoms with Gasteiger partial charge in [-0.15, -0.1) is 4.33 Å². The van der Waals surface area contributed by atoms with Crippen LogP contribution in [-0.2, 0) is 19.0 Å². The molecule has 0 saturated carbocycles. The van der Waals surface area contributed by atoms with Crippen molar-refractivity contribution in [2.45, 2.75) is 46.0 Å². The maximum absolute atomic E-state index is 13.0. The van der Waals surface area contributed by atoms with E-state index in [9.17, 15) is 14.4 Å². The fourth-order valence-corrected chi connectivity index (χ4v) is 4.26. The number of unbranched alkanes of at least 4 members (excludes halogenated alkanes) is 2. The highest BCUT2D eigenvalue weighted by molar-refractivity contribution is 7.94. The number of imide groups is 2. The molecule has 11 heteroatoms. The van der Waals surface area contributed by atoms with E-state index in [-0.39, 0.29) is 18.7 Å². The van der Waals surface area contributed by atoms with E-state index in [1.807, 2.05) is 43.0 Å². The number of hydrogen-bond donors (Lipinski definition) is 1. The average molecular weight is 532 g/mol. The minimum atomic E-state index is -0.564. The summed E-state index contributed by atoms with van der Waals surface area (Å²) in [5.41, 5.74) is 0.885. The second-order valence-corrected chi connectivity index (χ2v) is 9.19. The van der Waals surface area contributed by atoms with Crippen molar-refractivity contribution in [1.82, 2.24) is 9.80 Å². The van der Waals surface area contributed by atoms with Crippen molar-refractivity contribution >= 4 is 35.6 Å². The molecule has 2 aliphatic rings. The topological polar surface area (TPSA) is 109 Å². The molecule has 1 aromatic carbocycles. The number of hydrogen-bond acceptors (Lipinski definition) is 9. The molecule has 0 aromatic heterocycles. The Morgan fingerprint density at radius 1 is 0.892 bits per heavy atom. The average Bonchev–Trinajstić information content (AvgIpc) is 3.25. The van der Waals surface area contributed by atoms with E-state index in [0.29, 0.717) is 31.0 Å². The molecule has 3 rings (SSSR count). The third-order valence-corrected chi connectivity index (χ3v) is 6.43. The summed E-state index contributed by atoms with van der Waals surface area (Å²) in [5.74, 6) is 0.765. The number of rotatable bonds is 14. The normalized spacial score (nSPS) is 16.8. The first-order valence-corrected chi connectivity index (χ1v) is 13.3. The Hall–Kier alpha value is -3.12. The van der Waals surface area contributed by atoms with E-state index in [0.717, 1.165) is 42.7 Å². The molecule has 10 nitrogen and oxygen atoms in total. The zero-order valence-corrected chi connectivity index (χ0v) is 21.9. The van der Waals surface area contributed by atoms with Crippen LogP contribution in [0.25, 0.3) is 0 Å². The molecule has 1 fully saturated rings. The van der Waals surface area contributed by atoms with Crippen molar-refractivity contribution in [2.24, 2.45) is 0 Å². The smallest absolute Gasteiger partial charge is 0.333 e. The van der Waals surface area contributed by atoms with Crippen molar-refractivity contribution in [3.8, 4) is 5.75 Å². The van der Waals surface area contributed by atoms with E-state index in [2.05, 4.69) is 9.37 Å². The van der Waals surface area contributed by atoms with Crippen molar-refractivity contribution in [3.05, 3.63) is 60.0 Å². The van der Waals surface area contributed by atoms with Gasteiger partial charge >= 0.3 is 6.03 Å². The van der Waals surface area contributed by atoms with Gasteiger partial charge in [0.15, 0.2) is 5.75 Å². The lowest BCUT2D eigenvalue weighted by Gasteiger charge is -2.33. The van der Waals surface area contributed by atoms with Gasteiger partial charge in [0.1, 0.15) is 5.57 Å². The Morgan fingerprint density at radius 2 is 1.51 bits per heavy atom. The van der Waals surface area contributed by atoms with Crippen LogP contribution in [0.15, 0.2) is 60.0 Å². The van der Waals surface area contributed by atoms with E-state index >= 15 is 0 Å². The van der Waals surface area contributed by atoms with Gasteiger partial charge in [0, 0.05) is 37.4 Å². The van der Waals surface area contributed by atoms with Gasteiger partial charge in [-0.3, -0.25) is 19.4 Å². The number of barbiturate groups is 1. The van der Waals surface area contributed by atoms with Crippen molar-refractivity contribution in [3.63, 3.8) is 0 Å². The molecule has 1 aromatic rings. The summed E-state index contributed by atoms with van der Waals surface area (Å²) in [4.78, 5) is 43.1. The Morgan fingerprint density at radius 3 is 2.16 bits per heavy atom. The van der Waals surface area contributed by atoms with Crippen molar-refractivity contribution in [1.29, 1.82) is 0 Å². The minimum Gasteiger partial charge on any atom is -0.439 e. The van der Waals surface area contributed by atoms with E-state index < -0.39 is 17.8 Å². The number of nitrogens with zero attached hydrogens (tertiary/aromatic N) is 3. The summed E-state index contributed by atoms with van der Waals surface area (Å²) in [5, 5.41) is 11.9. The van der Waals surface area contributed by atoms with E-state index in [1.54, 1.807) is 18.2 Å². The molecule has 2 heterocycles. The lowest BCUT2D eigenvalue weighted by Crippen LogP contribution is -2.56. The van der Waals surface area contributed by atoms with Gasteiger partial charge in [-0.1, -0.05) is 56.0 Å². The van der Waals surface area contributed by atoms with Crippen LogP contribution in [0.4, 0.5) is 10.5 Å². The molecule has 1 saturated heterocycles. The molecule has 0 unspecified atom stereocenters. The number of fused-ring (bicyclic) bond motifs is 1. The van der Waals surface area contributed by atoms with Crippen LogP contribution in [0, 0.1) is 0 Å². The highest BCUT2D eigenvalue weighted by Gasteiger charge is 2.40. The van der Waals surface area contributed by atoms with E-state index in [1.165, 1.54) is 15.9 Å². The quantitative estimate of drug-likeness (QED) is 0.0880. The number of ether oxygens (including phenoxy) is 1. The Labute approximate surface area is 221 Å². The summed E-state index contributed by atoms with van der Waals surface area (Å²) in [6.07, 6.45) is 10.2. The summed E-state index contributed by atoms with van der Waals surface area (Å²) < 4.78 is 10.4. The zero-order valence-electron chi connectivity index (χ0n) is 21.1. The van der Waals surface area contributed by atoms with Crippen LogP contribution in [0.1, 0.15) is 46.0 Å². The second-order valence-electron chi connectivity index (χ2n) is 8.41. The van der Waals surface area contributed by atoms with Gasteiger partial charge < -0.3 is 9.64 Å². The van der Waals surface area contributed by atoms with Crippen LogP contribution in [0.2, 0.25) is 0 Å². The van der Waals surface area contributed by atoms with Crippen molar-refractivity contribution < 1.29 is 33.7 Å². The fourth-order valence-electron chi connectivity index (χ4n) is 3.91. The first-order valence-electron chi connectivity index (χ1n) is 12.4. The highest BCUT2D eigenvalue weighted by atomic mass is 32.2. The first kappa shape index (κ1) is 28.5. The second kappa shape index (κ2) is 14.6. The largest absolute Gasteiger partial charge is 0.439 e. The van der Waals surface area contributed by atoms with Gasteiger partial charge in [0.2, 0.25) is 5.88 Å². The molecule has 1 N–H and O–H groups in total. The van der Waals surface area contributed by atoms with E-state index in [4.69, 9.17) is 9.99 Å². The lowest BCUT2D eigenvalue weighted by molar-refractivity contribution is -0.432. The fraction of sp³-hybridized carbons (Fsp3) is 0.423. The molecular weight excluding hydrogens is 498 g/mol. The van der Waals surface area contributed by atoms with Crippen LogP contribution < -0.4 is 9.64 Å².